The Labute approximate surface area is 264 Å². The average Bonchev–Trinajstić information content (AvgIpc) is 3.14. The molecule has 0 aliphatic rings. The number of benzene rings is 4. The predicted molar refractivity (Wildman–Crippen MR) is 187 cm³/mol. The highest BCUT2D eigenvalue weighted by Crippen LogP contribution is 2.34. The van der Waals surface area contributed by atoms with Gasteiger partial charge in [0.15, 0.2) is 0 Å². The molecule has 9 aromatic rings. The van der Waals surface area contributed by atoms with E-state index < -0.39 is 0 Å². The largest absolute Gasteiger partial charge is 0.255 e. The standard InChI is InChI=1S/C41H25N5/c1-2-20-42-38(7-1)39-19-15-31-24-29(13-17-37(31)46-39)28-12-16-36-30(23-28)14-18-35(45-36)27-10-8-26(9-11-27)34-25-32-5-3-21-43-40(32)41-33(34)6-4-22-44-41/h1-25H. The number of pyridine rings is 5. The number of rotatable bonds is 4. The summed E-state index contributed by atoms with van der Waals surface area (Å²) in [4.78, 5) is 23.6. The molecule has 5 nitrogen and oxygen atoms in total. The van der Waals surface area contributed by atoms with Crippen molar-refractivity contribution in [3.8, 4) is 44.9 Å². The fraction of sp³-hybridized carbons (Fsp3) is 0. The molecule has 0 spiro atoms. The Balaban J connectivity index is 1.02. The van der Waals surface area contributed by atoms with Crippen molar-refractivity contribution in [2.45, 2.75) is 0 Å². The Hall–Kier alpha value is -6.33. The molecule has 0 N–H and O–H groups in total. The SMILES string of the molecule is c1ccc(-c2ccc3cc(-c4ccc5nc(-c6ccc(-c7cc8cccnc8c8ncccc78)cc6)ccc5c4)ccc3n2)nc1. The van der Waals surface area contributed by atoms with Crippen LogP contribution in [0, 0.1) is 0 Å². The van der Waals surface area contributed by atoms with Crippen molar-refractivity contribution in [1.29, 1.82) is 0 Å². The second-order valence-corrected chi connectivity index (χ2v) is 11.4. The number of fused-ring (bicyclic) bond motifs is 5. The summed E-state index contributed by atoms with van der Waals surface area (Å²) in [5, 5.41) is 4.38. The summed E-state index contributed by atoms with van der Waals surface area (Å²) in [6, 6.07) is 46.2. The van der Waals surface area contributed by atoms with Crippen LogP contribution >= 0.6 is 0 Å². The van der Waals surface area contributed by atoms with E-state index in [1.54, 1.807) is 6.20 Å². The first-order valence-electron chi connectivity index (χ1n) is 15.2. The minimum atomic E-state index is 0.875. The third-order valence-corrected chi connectivity index (χ3v) is 8.59. The van der Waals surface area contributed by atoms with Crippen LogP contribution in [0.25, 0.3) is 88.5 Å². The number of nitrogens with zero attached hydrogens (tertiary/aromatic N) is 5. The smallest absolute Gasteiger partial charge is 0.0970 e. The van der Waals surface area contributed by atoms with Crippen LogP contribution < -0.4 is 0 Å². The number of hydrogen-bond acceptors (Lipinski definition) is 5. The molecular weight excluding hydrogens is 562 g/mol. The molecule has 0 radical (unpaired) electrons. The van der Waals surface area contributed by atoms with Gasteiger partial charge in [-0.25, -0.2) is 9.97 Å². The Kier molecular flexibility index (Phi) is 6.06. The van der Waals surface area contributed by atoms with E-state index in [1.807, 2.05) is 48.8 Å². The van der Waals surface area contributed by atoms with Gasteiger partial charge >= 0.3 is 0 Å². The average molecular weight is 588 g/mol. The maximum absolute atomic E-state index is 5.03. The minimum Gasteiger partial charge on any atom is -0.255 e. The van der Waals surface area contributed by atoms with Crippen LogP contribution in [0.4, 0.5) is 0 Å². The summed E-state index contributed by atoms with van der Waals surface area (Å²) in [5.74, 6) is 0. The molecule has 5 heteroatoms. The lowest BCUT2D eigenvalue weighted by atomic mass is 9.96. The van der Waals surface area contributed by atoms with Crippen LogP contribution in [-0.4, -0.2) is 24.9 Å². The third-order valence-electron chi connectivity index (χ3n) is 8.59. The first kappa shape index (κ1) is 26.1. The molecule has 4 aromatic carbocycles. The highest BCUT2D eigenvalue weighted by Gasteiger charge is 2.11. The minimum absolute atomic E-state index is 0.875. The molecule has 0 atom stereocenters. The van der Waals surface area contributed by atoms with E-state index in [-0.39, 0.29) is 0 Å². The van der Waals surface area contributed by atoms with E-state index in [0.717, 1.165) is 88.5 Å². The fourth-order valence-corrected chi connectivity index (χ4v) is 6.26. The van der Waals surface area contributed by atoms with Gasteiger partial charge in [0.1, 0.15) is 0 Å². The van der Waals surface area contributed by atoms with E-state index in [2.05, 4.69) is 112 Å². The Morgan fingerprint density at radius 2 is 0.978 bits per heavy atom. The van der Waals surface area contributed by atoms with Crippen molar-refractivity contribution in [3.05, 3.63) is 152 Å². The lowest BCUT2D eigenvalue weighted by molar-refractivity contribution is 1.28. The highest BCUT2D eigenvalue weighted by molar-refractivity contribution is 6.10. The Bertz CT molecular complexity index is 2580. The maximum Gasteiger partial charge on any atom is 0.0970 e. The molecule has 0 bridgehead atoms. The van der Waals surface area contributed by atoms with Crippen molar-refractivity contribution >= 4 is 43.6 Å². The van der Waals surface area contributed by atoms with Crippen LogP contribution in [0.2, 0.25) is 0 Å². The van der Waals surface area contributed by atoms with Crippen molar-refractivity contribution in [2.24, 2.45) is 0 Å². The number of aromatic nitrogens is 5. The van der Waals surface area contributed by atoms with Gasteiger partial charge in [-0.2, -0.15) is 0 Å². The molecular formula is C41H25N5. The molecule has 0 amide bonds. The molecule has 214 valence electrons. The molecule has 0 unspecified atom stereocenters. The lowest BCUT2D eigenvalue weighted by Gasteiger charge is -2.11. The molecule has 5 heterocycles. The quantitative estimate of drug-likeness (QED) is 0.192. The van der Waals surface area contributed by atoms with Gasteiger partial charge in [0.05, 0.1) is 39.1 Å². The molecule has 9 rings (SSSR count). The zero-order chi connectivity index (χ0) is 30.5. The Morgan fingerprint density at radius 3 is 1.72 bits per heavy atom. The fourth-order valence-electron chi connectivity index (χ4n) is 6.26. The summed E-state index contributed by atoms with van der Waals surface area (Å²) < 4.78 is 0. The first-order chi connectivity index (χ1) is 22.8. The maximum atomic E-state index is 5.03. The van der Waals surface area contributed by atoms with Crippen LogP contribution in [0.3, 0.4) is 0 Å². The molecule has 5 aromatic heterocycles. The van der Waals surface area contributed by atoms with Gasteiger partial charge in [0, 0.05) is 45.7 Å². The summed E-state index contributed by atoms with van der Waals surface area (Å²) in [6.07, 6.45) is 5.45. The van der Waals surface area contributed by atoms with Gasteiger partial charge in [-0.15, -0.1) is 0 Å². The summed E-state index contributed by atoms with van der Waals surface area (Å²) in [5.41, 5.74) is 12.1. The van der Waals surface area contributed by atoms with Gasteiger partial charge in [0.25, 0.3) is 0 Å². The second kappa shape index (κ2) is 10.7. The second-order valence-electron chi connectivity index (χ2n) is 11.4. The molecule has 0 saturated carbocycles. The van der Waals surface area contributed by atoms with E-state index in [4.69, 9.17) is 9.97 Å². The lowest BCUT2D eigenvalue weighted by Crippen LogP contribution is -1.90. The van der Waals surface area contributed by atoms with Gasteiger partial charge < -0.3 is 0 Å². The molecule has 46 heavy (non-hydrogen) atoms. The van der Waals surface area contributed by atoms with Crippen molar-refractivity contribution in [3.63, 3.8) is 0 Å². The van der Waals surface area contributed by atoms with E-state index in [1.165, 1.54) is 0 Å². The van der Waals surface area contributed by atoms with E-state index >= 15 is 0 Å². The summed E-state index contributed by atoms with van der Waals surface area (Å²) in [6.45, 7) is 0. The van der Waals surface area contributed by atoms with Gasteiger partial charge in [-0.05, 0) is 89.0 Å². The zero-order valence-corrected chi connectivity index (χ0v) is 24.7. The highest BCUT2D eigenvalue weighted by atomic mass is 14.8. The van der Waals surface area contributed by atoms with E-state index in [0.29, 0.717) is 0 Å². The predicted octanol–water partition coefficient (Wildman–Crippen LogP) is 9.94. The molecule has 0 aliphatic carbocycles. The van der Waals surface area contributed by atoms with Gasteiger partial charge in [-0.3, -0.25) is 15.0 Å². The topological polar surface area (TPSA) is 64.5 Å². The normalized spacial score (nSPS) is 11.5. The monoisotopic (exact) mass is 587 g/mol. The summed E-state index contributed by atoms with van der Waals surface area (Å²) >= 11 is 0. The molecule has 0 fully saturated rings. The van der Waals surface area contributed by atoms with Gasteiger partial charge in [-0.1, -0.05) is 66.7 Å². The van der Waals surface area contributed by atoms with Crippen molar-refractivity contribution in [1.82, 2.24) is 24.9 Å². The first-order valence-corrected chi connectivity index (χ1v) is 15.2. The number of hydrogen-bond donors (Lipinski definition) is 0. The van der Waals surface area contributed by atoms with Gasteiger partial charge in [0.2, 0.25) is 0 Å². The molecule has 0 saturated heterocycles. The summed E-state index contributed by atoms with van der Waals surface area (Å²) in [7, 11) is 0. The van der Waals surface area contributed by atoms with Crippen LogP contribution in [0.5, 0.6) is 0 Å². The Morgan fingerprint density at radius 1 is 0.348 bits per heavy atom. The van der Waals surface area contributed by atoms with Crippen LogP contribution in [0.15, 0.2) is 152 Å². The zero-order valence-electron chi connectivity index (χ0n) is 24.7. The van der Waals surface area contributed by atoms with Crippen LogP contribution in [-0.2, 0) is 0 Å². The van der Waals surface area contributed by atoms with E-state index in [9.17, 15) is 0 Å². The van der Waals surface area contributed by atoms with Crippen LogP contribution in [0.1, 0.15) is 0 Å². The van der Waals surface area contributed by atoms with Crippen molar-refractivity contribution in [2.75, 3.05) is 0 Å². The molecule has 0 aliphatic heterocycles. The van der Waals surface area contributed by atoms with Crippen molar-refractivity contribution < 1.29 is 0 Å². The third kappa shape index (κ3) is 4.54.